The molecule has 0 fully saturated rings. The van der Waals surface area contributed by atoms with E-state index in [0.717, 1.165) is 11.4 Å². The molecular weight excluding hydrogens is 216 g/mol. The van der Waals surface area contributed by atoms with E-state index < -0.39 is 0 Å². The number of aromatic nitrogens is 2. The first-order chi connectivity index (χ1) is 7.99. The molecule has 0 saturated heterocycles. The van der Waals surface area contributed by atoms with Crippen molar-refractivity contribution in [3.8, 4) is 0 Å². The SMILES string of the molecule is COCC(C)N(C)c1ncnc(N)c1C(C)C. The molecule has 0 aliphatic carbocycles. The molecule has 96 valence electrons. The van der Waals surface area contributed by atoms with Crippen molar-refractivity contribution < 1.29 is 4.74 Å². The molecule has 0 saturated carbocycles. The van der Waals surface area contributed by atoms with Gasteiger partial charge in [0.25, 0.3) is 0 Å². The van der Waals surface area contributed by atoms with E-state index in [1.54, 1.807) is 7.11 Å². The second-order valence-corrected chi connectivity index (χ2v) is 4.57. The van der Waals surface area contributed by atoms with E-state index in [2.05, 4.69) is 35.6 Å². The van der Waals surface area contributed by atoms with E-state index in [1.807, 2.05) is 7.05 Å². The first-order valence-corrected chi connectivity index (χ1v) is 5.81. The van der Waals surface area contributed by atoms with Gasteiger partial charge in [0, 0.05) is 19.7 Å². The minimum Gasteiger partial charge on any atom is -0.383 e. The van der Waals surface area contributed by atoms with Gasteiger partial charge >= 0.3 is 0 Å². The third-order valence-corrected chi connectivity index (χ3v) is 2.87. The molecule has 0 bridgehead atoms. The van der Waals surface area contributed by atoms with Crippen molar-refractivity contribution in [2.24, 2.45) is 0 Å². The molecular formula is C12H22N4O. The molecule has 1 aromatic heterocycles. The Labute approximate surface area is 103 Å². The van der Waals surface area contributed by atoms with Crippen molar-refractivity contribution in [3.05, 3.63) is 11.9 Å². The molecule has 1 aromatic rings. The molecule has 0 aliphatic heterocycles. The average molecular weight is 238 g/mol. The molecule has 0 aromatic carbocycles. The van der Waals surface area contributed by atoms with Crippen LogP contribution in [0.15, 0.2) is 6.33 Å². The van der Waals surface area contributed by atoms with Gasteiger partial charge in [-0.25, -0.2) is 9.97 Å². The molecule has 1 unspecified atom stereocenters. The van der Waals surface area contributed by atoms with Gasteiger partial charge in [-0.3, -0.25) is 0 Å². The van der Waals surface area contributed by atoms with Gasteiger partial charge in [-0.1, -0.05) is 13.8 Å². The summed E-state index contributed by atoms with van der Waals surface area (Å²) in [5.41, 5.74) is 6.92. The monoisotopic (exact) mass is 238 g/mol. The van der Waals surface area contributed by atoms with Gasteiger partial charge in [-0.05, 0) is 12.8 Å². The van der Waals surface area contributed by atoms with Gasteiger partial charge in [-0.15, -0.1) is 0 Å². The summed E-state index contributed by atoms with van der Waals surface area (Å²) in [6.45, 7) is 6.92. The predicted molar refractivity (Wildman–Crippen MR) is 70.3 cm³/mol. The van der Waals surface area contributed by atoms with Crippen LogP contribution in [0.2, 0.25) is 0 Å². The van der Waals surface area contributed by atoms with Crippen LogP contribution in [0.5, 0.6) is 0 Å². The fourth-order valence-electron chi connectivity index (χ4n) is 1.80. The van der Waals surface area contributed by atoms with Gasteiger partial charge < -0.3 is 15.4 Å². The van der Waals surface area contributed by atoms with Crippen molar-refractivity contribution in [1.29, 1.82) is 0 Å². The standard InChI is InChI=1S/C12H22N4O/c1-8(2)10-11(13)14-7-15-12(10)16(4)9(3)6-17-5/h7-9H,6H2,1-5H3,(H2,13,14,15). The van der Waals surface area contributed by atoms with E-state index in [9.17, 15) is 0 Å². The van der Waals surface area contributed by atoms with Crippen molar-refractivity contribution in [3.63, 3.8) is 0 Å². The number of nitrogens with zero attached hydrogens (tertiary/aromatic N) is 3. The third-order valence-electron chi connectivity index (χ3n) is 2.87. The first-order valence-electron chi connectivity index (χ1n) is 5.81. The minimum atomic E-state index is 0.242. The van der Waals surface area contributed by atoms with Crippen LogP contribution >= 0.6 is 0 Å². The number of rotatable bonds is 5. The molecule has 0 amide bonds. The van der Waals surface area contributed by atoms with E-state index >= 15 is 0 Å². The minimum absolute atomic E-state index is 0.242. The summed E-state index contributed by atoms with van der Waals surface area (Å²) < 4.78 is 5.16. The number of nitrogens with two attached hydrogens (primary N) is 1. The van der Waals surface area contributed by atoms with Gasteiger partial charge in [0.15, 0.2) is 0 Å². The summed E-state index contributed by atoms with van der Waals surface area (Å²) in [5.74, 6) is 1.74. The zero-order valence-corrected chi connectivity index (χ0v) is 11.3. The van der Waals surface area contributed by atoms with Crippen LogP contribution in [0.25, 0.3) is 0 Å². The molecule has 2 N–H and O–H groups in total. The van der Waals surface area contributed by atoms with Crippen LogP contribution in [0.4, 0.5) is 11.6 Å². The first kappa shape index (κ1) is 13.7. The van der Waals surface area contributed by atoms with Crippen LogP contribution in [0, 0.1) is 0 Å². The molecule has 17 heavy (non-hydrogen) atoms. The Bertz CT molecular complexity index is 368. The fourth-order valence-corrected chi connectivity index (χ4v) is 1.80. The van der Waals surface area contributed by atoms with Crippen molar-refractivity contribution >= 4 is 11.6 Å². The zero-order valence-electron chi connectivity index (χ0n) is 11.3. The summed E-state index contributed by atoms with van der Waals surface area (Å²) in [6, 6.07) is 0.242. The Morgan fingerprint density at radius 2 is 2.00 bits per heavy atom. The van der Waals surface area contributed by atoms with Crippen LogP contribution < -0.4 is 10.6 Å². The molecule has 1 atom stereocenters. The topological polar surface area (TPSA) is 64.3 Å². The molecule has 5 heteroatoms. The summed E-state index contributed by atoms with van der Waals surface area (Å²) in [5, 5.41) is 0. The number of methoxy groups -OCH3 is 1. The van der Waals surface area contributed by atoms with Crippen molar-refractivity contribution in [2.45, 2.75) is 32.7 Å². The lowest BCUT2D eigenvalue weighted by Gasteiger charge is -2.28. The summed E-state index contributed by atoms with van der Waals surface area (Å²) in [4.78, 5) is 10.5. The Kier molecular flexibility index (Phi) is 4.69. The maximum absolute atomic E-state index is 5.93. The number of hydrogen-bond acceptors (Lipinski definition) is 5. The predicted octanol–water partition coefficient (Wildman–Crippen LogP) is 1.65. The van der Waals surface area contributed by atoms with Gasteiger partial charge in [-0.2, -0.15) is 0 Å². The second-order valence-electron chi connectivity index (χ2n) is 4.57. The quantitative estimate of drug-likeness (QED) is 0.845. The van der Waals surface area contributed by atoms with E-state index in [1.165, 1.54) is 6.33 Å². The number of nitrogen functional groups attached to an aromatic ring is 1. The molecule has 5 nitrogen and oxygen atoms in total. The second kappa shape index (κ2) is 5.82. The molecule has 0 spiro atoms. The van der Waals surface area contributed by atoms with Gasteiger partial charge in [0.2, 0.25) is 0 Å². The molecule has 1 heterocycles. The van der Waals surface area contributed by atoms with Crippen molar-refractivity contribution in [1.82, 2.24) is 9.97 Å². The third kappa shape index (κ3) is 3.06. The maximum Gasteiger partial charge on any atom is 0.137 e. The van der Waals surface area contributed by atoms with E-state index in [4.69, 9.17) is 10.5 Å². The number of anilines is 2. The highest BCUT2D eigenvalue weighted by Crippen LogP contribution is 2.29. The van der Waals surface area contributed by atoms with Crippen LogP contribution in [0.3, 0.4) is 0 Å². The number of hydrogen-bond donors (Lipinski definition) is 1. The number of ether oxygens (including phenoxy) is 1. The Balaban J connectivity index is 3.08. The summed E-state index contributed by atoms with van der Waals surface area (Å²) in [6.07, 6.45) is 1.51. The highest BCUT2D eigenvalue weighted by molar-refractivity contribution is 5.58. The van der Waals surface area contributed by atoms with E-state index in [0.29, 0.717) is 18.3 Å². The van der Waals surface area contributed by atoms with Crippen LogP contribution in [-0.2, 0) is 4.74 Å². The smallest absolute Gasteiger partial charge is 0.137 e. The zero-order chi connectivity index (χ0) is 13.0. The summed E-state index contributed by atoms with van der Waals surface area (Å²) >= 11 is 0. The number of likely N-dealkylation sites (N-methyl/N-ethyl adjacent to an activating group) is 1. The molecule has 0 aliphatic rings. The maximum atomic E-state index is 5.93. The highest BCUT2D eigenvalue weighted by atomic mass is 16.5. The lowest BCUT2D eigenvalue weighted by Crippen LogP contribution is -2.34. The lowest BCUT2D eigenvalue weighted by atomic mass is 10.0. The Morgan fingerprint density at radius 1 is 1.35 bits per heavy atom. The van der Waals surface area contributed by atoms with E-state index in [-0.39, 0.29) is 6.04 Å². The van der Waals surface area contributed by atoms with Gasteiger partial charge in [0.1, 0.15) is 18.0 Å². The van der Waals surface area contributed by atoms with Crippen LogP contribution in [-0.4, -0.2) is 36.8 Å². The Morgan fingerprint density at radius 3 is 2.53 bits per heavy atom. The summed E-state index contributed by atoms with van der Waals surface area (Å²) in [7, 11) is 3.69. The fraction of sp³-hybridized carbons (Fsp3) is 0.667. The van der Waals surface area contributed by atoms with Crippen LogP contribution in [0.1, 0.15) is 32.3 Å². The highest BCUT2D eigenvalue weighted by Gasteiger charge is 2.19. The largest absolute Gasteiger partial charge is 0.383 e. The van der Waals surface area contributed by atoms with Gasteiger partial charge in [0.05, 0.1) is 12.6 Å². The van der Waals surface area contributed by atoms with Crippen molar-refractivity contribution in [2.75, 3.05) is 31.4 Å². The Hall–Kier alpha value is -1.36. The molecule has 1 rings (SSSR count). The molecule has 0 radical (unpaired) electrons. The lowest BCUT2D eigenvalue weighted by molar-refractivity contribution is 0.183. The average Bonchev–Trinajstić information content (AvgIpc) is 2.27. The normalized spacial score (nSPS) is 12.8.